The van der Waals surface area contributed by atoms with Gasteiger partial charge in [-0.15, -0.1) is 0 Å². The summed E-state index contributed by atoms with van der Waals surface area (Å²) in [5.41, 5.74) is 6.24. The number of rotatable bonds is 2. The van der Waals surface area contributed by atoms with Crippen molar-refractivity contribution in [1.29, 1.82) is 0 Å². The molecule has 1 aliphatic heterocycles. The van der Waals surface area contributed by atoms with Crippen molar-refractivity contribution >= 4 is 50.7 Å². The minimum Gasteiger partial charge on any atom is -0.330 e. The molecule has 0 aromatic heterocycles. The first-order chi connectivity index (χ1) is 8.02. The maximum atomic E-state index is 11.8. The van der Waals surface area contributed by atoms with Gasteiger partial charge in [-0.1, -0.05) is 23.2 Å². The van der Waals surface area contributed by atoms with Crippen LogP contribution in [0.4, 0.5) is 5.69 Å². The van der Waals surface area contributed by atoms with Gasteiger partial charge in [0, 0.05) is 17.4 Å². The van der Waals surface area contributed by atoms with E-state index in [1.54, 1.807) is 17.0 Å². The number of nitrogens with two attached hydrogens (primary N) is 1. The van der Waals surface area contributed by atoms with Gasteiger partial charge in [-0.05, 0) is 40.5 Å². The second kappa shape index (κ2) is 5.14. The lowest BCUT2D eigenvalue weighted by atomic mass is 10.1. The molecule has 3 nitrogen and oxygen atoms in total. The third kappa shape index (κ3) is 2.60. The summed E-state index contributed by atoms with van der Waals surface area (Å²) in [6, 6.07) is 3.40. The standard InChI is InChI=1S/C11H11BrCl2N2O/c12-7-2-9(14)10(3-8(7)13)16-5-6(4-15)1-11(16)17/h2-3,6H,1,4-5,15H2. The molecule has 1 aliphatic rings. The summed E-state index contributed by atoms with van der Waals surface area (Å²) in [6.45, 7) is 1.11. The Labute approximate surface area is 118 Å². The molecule has 1 heterocycles. The molecule has 0 spiro atoms. The minimum atomic E-state index is 0.0424. The smallest absolute Gasteiger partial charge is 0.227 e. The number of halogens is 3. The lowest BCUT2D eigenvalue weighted by molar-refractivity contribution is -0.117. The minimum absolute atomic E-state index is 0.0424. The van der Waals surface area contributed by atoms with E-state index in [9.17, 15) is 4.79 Å². The van der Waals surface area contributed by atoms with Crippen molar-refractivity contribution in [3.8, 4) is 0 Å². The first-order valence-electron chi connectivity index (χ1n) is 5.18. The molecule has 2 N–H and O–H groups in total. The number of carbonyl (C=O) groups excluding carboxylic acids is 1. The predicted octanol–water partition coefficient (Wildman–Crippen LogP) is 3.07. The highest BCUT2D eigenvalue weighted by Gasteiger charge is 2.31. The quantitative estimate of drug-likeness (QED) is 0.843. The van der Waals surface area contributed by atoms with E-state index in [1.165, 1.54) is 0 Å². The maximum Gasteiger partial charge on any atom is 0.227 e. The molecular formula is C11H11BrCl2N2O. The van der Waals surface area contributed by atoms with Gasteiger partial charge < -0.3 is 10.6 Å². The highest BCUT2D eigenvalue weighted by Crippen LogP contribution is 2.37. The van der Waals surface area contributed by atoms with Crippen LogP contribution >= 0.6 is 39.1 Å². The Morgan fingerprint density at radius 2 is 2.12 bits per heavy atom. The third-order valence-electron chi connectivity index (χ3n) is 2.82. The lowest BCUT2D eigenvalue weighted by Crippen LogP contribution is -2.26. The van der Waals surface area contributed by atoms with Crippen molar-refractivity contribution in [2.24, 2.45) is 11.7 Å². The van der Waals surface area contributed by atoms with Crippen LogP contribution in [0.2, 0.25) is 10.0 Å². The van der Waals surface area contributed by atoms with Crippen LogP contribution in [0.1, 0.15) is 6.42 Å². The molecule has 1 atom stereocenters. The number of hydrogen-bond acceptors (Lipinski definition) is 2. The number of anilines is 1. The Morgan fingerprint density at radius 3 is 2.71 bits per heavy atom. The van der Waals surface area contributed by atoms with Crippen LogP contribution in [0.3, 0.4) is 0 Å². The predicted molar refractivity (Wildman–Crippen MR) is 73.7 cm³/mol. The van der Waals surface area contributed by atoms with Crippen LogP contribution < -0.4 is 10.6 Å². The summed E-state index contributed by atoms with van der Waals surface area (Å²) in [7, 11) is 0. The van der Waals surface area contributed by atoms with E-state index in [2.05, 4.69) is 15.9 Å². The van der Waals surface area contributed by atoms with E-state index in [1.807, 2.05) is 0 Å². The molecule has 0 saturated carbocycles. The first kappa shape index (κ1) is 13.1. The Kier molecular flexibility index (Phi) is 3.98. The average molecular weight is 338 g/mol. The Bertz CT molecular complexity index is 467. The molecule has 2 rings (SSSR count). The Hall–Kier alpha value is -0.290. The van der Waals surface area contributed by atoms with Crippen molar-refractivity contribution in [1.82, 2.24) is 0 Å². The van der Waals surface area contributed by atoms with Crippen molar-refractivity contribution in [3.05, 3.63) is 26.7 Å². The highest BCUT2D eigenvalue weighted by molar-refractivity contribution is 9.10. The van der Waals surface area contributed by atoms with E-state index in [0.29, 0.717) is 35.2 Å². The van der Waals surface area contributed by atoms with Gasteiger partial charge in [0.1, 0.15) is 0 Å². The van der Waals surface area contributed by atoms with Crippen LogP contribution in [0, 0.1) is 5.92 Å². The fourth-order valence-electron chi connectivity index (χ4n) is 1.89. The fourth-order valence-corrected chi connectivity index (χ4v) is 2.79. The summed E-state index contributed by atoms with van der Waals surface area (Å²) >= 11 is 15.4. The summed E-state index contributed by atoms with van der Waals surface area (Å²) in [6.07, 6.45) is 0.473. The zero-order valence-corrected chi connectivity index (χ0v) is 12.0. The third-order valence-corrected chi connectivity index (χ3v) is 4.32. The van der Waals surface area contributed by atoms with Crippen LogP contribution in [0.25, 0.3) is 0 Å². The molecule has 0 aliphatic carbocycles. The second-order valence-corrected chi connectivity index (χ2v) is 5.70. The zero-order chi connectivity index (χ0) is 12.6. The van der Waals surface area contributed by atoms with Gasteiger partial charge in [-0.3, -0.25) is 4.79 Å². The first-order valence-corrected chi connectivity index (χ1v) is 6.72. The van der Waals surface area contributed by atoms with E-state index in [-0.39, 0.29) is 11.8 Å². The van der Waals surface area contributed by atoms with E-state index >= 15 is 0 Å². The van der Waals surface area contributed by atoms with Crippen molar-refractivity contribution < 1.29 is 4.79 Å². The van der Waals surface area contributed by atoms with E-state index in [0.717, 1.165) is 4.47 Å². The van der Waals surface area contributed by atoms with Crippen LogP contribution in [-0.4, -0.2) is 19.0 Å². The number of nitrogens with zero attached hydrogens (tertiary/aromatic N) is 1. The molecule has 92 valence electrons. The molecule has 0 bridgehead atoms. The molecule has 17 heavy (non-hydrogen) atoms. The second-order valence-electron chi connectivity index (χ2n) is 4.03. The SMILES string of the molecule is NCC1CC(=O)N(c2cc(Cl)c(Br)cc2Cl)C1. The maximum absolute atomic E-state index is 11.8. The van der Waals surface area contributed by atoms with E-state index in [4.69, 9.17) is 28.9 Å². The molecule has 1 saturated heterocycles. The molecule has 1 aromatic rings. The summed E-state index contributed by atoms with van der Waals surface area (Å²) in [5.74, 6) is 0.238. The fraction of sp³-hybridized carbons (Fsp3) is 0.364. The number of amides is 1. The molecule has 0 radical (unpaired) electrons. The van der Waals surface area contributed by atoms with Crippen molar-refractivity contribution in [2.75, 3.05) is 18.0 Å². The van der Waals surface area contributed by atoms with Gasteiger partial charge in [0.05, 0.1) is 15.7 Å². The van der Waals surface area contributed by atoms with Gasteiger partial charge in [-0.25, -0.2) is 0 Å². The summed E-state index contributed by atoms with van der Waals surface area (Å²) in [5, 5.41) is 1.04. The van der Waals surface area contributed by atoms with E-state index < -0.39 is 0 Å². The topological polar surface area (TPSA) is 46.3 Å². The summed E-state index contributed by atoms with van der Waals surface area (Å²) in [4.78, 5) is 13.5. The van der Waals surface area contributed by atoms with Gasteiger partial charge >= 0.3 is 0 Å². The molecule has 1 fully saturated rings. The summed E-state index contributed by atoms with van der Waals surface area (Å²) < 4.78 is 0.718. The Morgan fingerprint density at radius 1 is 1.41 bits per heavy atom. The van der Waals surface area contributed by atoms with Gasteiger partial charge in [-0.2, -0.15) is 0 Å². The normalized spacial score (nSPS) is 20.1. The van der Waals surface area contributed by atoms with Crippen molar-refractivity contribution in [2.45, 2.75) is 6.42 Å². The highest BCUT2D eigenvalue weighted by atomic mass is 79.9. The molecule has 6 heteroatoms. The molecule has 1 unspecified atom stereocenters. The van der Waals surface area contributed by atoms with Crippen molar-refractivity contribution in [3.63, 3.8) is 0 Å². The monoisotopic (exact) mass is 336 g/mol. The molecular weight excluding hydrogens is 327 g/mol. The number of carbonyl (C=O) groups is 1. The van der Waals surface area contributed by atoms with Crippen LogP contribution in [0.5, 0.6) is 0 Å². The van der Waals surface area contributed by atoms with Gasteiger partial charge in [0.15, 0.2) is 0 Å². The van der Waals surface area contributed by atoms with Gasteiger partial charge in [0.25, 0.3) is 0 Å². The number of benzene rings is 1. The Balaban J connectivity index is 2.35. The van der Waals surface area contributed by atoms with Crippen LogP contribution in [0.15, 0.2) is 16.6 Å². The number of hydrogen-bond donors (Lipinski definition) is 1. The molecule has 1 amide bonds. The van der Waals surface area contributed by atoms with Gasteiger partial charge in [0.2, 0.25) is 5.91 Å². The lowest BCUT2D eigenvalue weighted by Gasteiger charge is -2.18. The molecule has 1 aromatic carbocycles. The van der Waals surface area contributed by atoms with Crippen LogP contribution in [-0.2, 0) is 4.79 Å². The largest absolute Gasteiger partial charge is 0.330 e. The zero-order valence-electron chi connectivity index (χ0n) is 8.92. The average Bonchev–Trinajstić information content (AvgIpc) is 2.65.